The lowest BCUT2D eigenvalue weighted by molar-refractivity contribution is -0.209. The average molecular weight is 208 g/mol. The first-order chi connectivity index (χ1) is 6.46. The Hall–Kier alpha value is -1.04. The molecule has 0 amide bonds. The zero-order valence-corrected chi connectivity index (χ0v) is 7.62. The van der Waals surface area contributed by atoms with Gasteiger partial charge in [-0.05, 0) is 6.42 Å². The lowest BCUT2D eigenvalue weighted by Crippen LogP contribution is -2.23. The van der Waals surface area contributed by atoms with E-state index < -0.39 is 12.3 Å². The molecule has 1 aromatic heterocycles. The number of hydrogen-bond acceptors (Lipinski definition) is 2. The number of aromatic nitrogens is 2. The number of hydrogen-bond donors (Lipinski definition) is 1. The molecule has 1 N–H and O–H groups in total. The Balaban J connectivity index is 2.89. The van der Waals surface area contributed by atoms with Crippen LogP contribution in [0.1, 0.15) is 25.3 Å². The summed E-state index contributed by atoms with van der Waals surface area (Å²) in [5.41, 5.74) is 0. The van der Waals surface area contributed by atoms with Gasteiger partial charge in [-0.25, -0.2) is 4.98 Å². The molecule has 3 nitrogen and oxygen atoms in total. The maximum atomic E-state index is 12.1. The Kier molecular flexibility index (Phi) is 3.15. The van der Waals surface area contributed by atoms with Crippen molar-refractivity contribution in [3.63, 3.8) is 0 Å². The van der Waals surface area contributed by atoms with Crippen molar-refractivity contribution in [3.8, 4) is 0 Å². The van der Waals surface area contributed by atoms with Crippen molar-refractivity contribution in [1.82, 2.24) is 9.55 Å². The van der Waals surface area contributed by atoms with Crippen molar-refractivity contribution in [3.05, 3.63) is 18.2 Å². The predicted molar refractivity (Wildman–Crippen MR) is 43.5 cm³/mol. The van der Waals surface area contributed by atoms with E-state index in [9.17, 15) is 13.2 Å². The van der Waals surface area contributed by atoms with Crippen LogP contribution in [-0.2, 0) is 6.54 Å². The third kappa shape index (κ3) is 2.25. The maximum absolute atomic E-state index is 12.1. The van der Waals surface area contributed by atoms with E-state index in [1.165, 1.54) is 17.0 Å². The lowest BCUT2D eigenvalue weighted by Gasteiger charge is -2.15. The van der Waals surface area contributed by atoms with Gasteiger partial charge in [0.2, 0.25) is 6.10 Å². The topological polar surface area (TPSA) is 38.0 Å². The Morgan fingerprint density at radius 1 is 1.57 bits per heavy atom. The SMILES string of the molecule is CCCn1ccnc1C(O)C(F)(F)F. The first-order valence-electron chi connectivity index (χ1n) is 4.22. The van der Waals surface area contributed by atoms with Gasteiger partial charge in [-0.15, -0.1) is 0 Å². The second-order valence-corrected chi connectivity index (χ2v) is 2.92. The smallest absolute Gasteiger partial charge is 0.377 e. The molecule has 0 bridgehead atoms. The number of imidazole rings is 1. The van der Waals surface area contributed by atoms with Gasteiger partial charge in [-0.3, -0.25) is 0 Å². The summed E-state index contributed by atoms with van der Waals surface area (Å²) in [6.07, 6.45) is -3.79. The normalized spacial score (nSPS) is 14.4. The molecular formula is C8H11F3N2O. The lowest BCUT2D eigenvalue weighted by atomic mass is 10.3. The summed E-state index contributed by atoms with van der Waals surface area (Å²) in [4.78, 5) is 3.49. The van der Waals surface area contributed by atoms with E-state index in [1.807, 2.05) is 6.92 Å². The second kappa shape index (κ2) is 4.00. The number of halogens is 3. The van der Waals surface area contributed by atoms with Crippen molar-refractivity contribution in [2.45, 2.75) is 32.2 Å². The molecule has 6 heteroatoms. The van der Waals surface area contributed by atoms with Gasteiger partial charge in [0, 0.05) is 18.9 Å². The van der Waals surface area contributed by atoms with Gasteiger partial charge in [-0.2, -0.15) is 13.2 Å². The van der Waals surface area contributed by atoms with E-state index in [-0.39, 0.29) is 5.82 Å². The highest BCUT2D eigenvalue weighted by Gasteiger charge is 2.41. The standard InChI is InChI=1S/C8H11F3N2O/c1-2-4-13-5-3-12-7(13)6(14)8(9,10)11/h3,5-6,14H,2,4H2,1H3. The Morgan fingerprint density at radius 3 is 2.71 bits per heavy atom. The maximum Gasteiger partial charge on any atom is 0.421 e. The van der Waals surface area contributed by atoms with Gasteiger partial charge in [0.25, 0.3) is 0 Å². The van der Waals surface area contributed by atoms with Gasteiger partial charge < -0.3 is 9.67 Å². The number of aryl methyl sites for hydroxylation is 1. The van der Waals surface area contributed by atoms with Crippen molar-refractivity contribution in [2.24, 2.45) is 0 Å². The first-order valence-corrected chi connectivity index (χ1v) is 4.22. The monoisotopic (exact) mass is 208 g/mol. The number of alkyl halides is 3. The zero-order chi connectivity index (χ0) is 10.8. The summed E-state index contributed by atoms with van der Waals surface area (Å²) < 4.78 is 37.7. The Labute approximate surface area is 79.2 Å². The van der Waals surface area contributed by atoms with Gasteiger partial charge in [0.15, 0.2) is 0 Å². The van der Waals surface area contributed by atoms with Crippen LogP contribution in [0.2, 0.25) is 0 Å². The Morgan fingerprint density at radius 2 is 2.21 bits per heavy atom. The summed E-state index contributed by atoms with van der Waals surface area (Å²) in [5.74, 6) is -0.348. The summed E-state index contributed by atoms with van der Waals surface area (Å²) in [5, 5.41) is 8.95. The van der Waals surface area contributed by atoms with Gasteiger partial charge >= 0.3 is 6.18 Å². The molecule has 0 fully saturated rings. The number of nitrogens with zero attached hydrogens (tertiary/aromatic N) is 2. The first kappa shape index (κ1) is 11.0. The van der Waals surface area contributed by atoms with Crippen molar-refractivity contribution in [1.29, 1.82) is 0 Å². The third-order valence-electron chi connectivity index (χ3n) is 1.77. The molecular weight excluding hydrogens is 197 g/mol. The highest BCUT2D eigenvalue weighted by atomic mass is 19.4. The van der Waals surface area contributed by atoms with E-state index >= 15 is 0 Å². The van der Waals surface area contributed by atoms with Gasteiger partial charge in [0.1, 0.15) is 5.82 Å². The molecule has 0 aliphatic rings. The molecule has 14 heavy (non-hydrogen) atoms. The van der Waals surface area contributed by atoms with Crippen LogP contribution in [0.4, 0.5) is 13.2 Å². The van der Waals surface area contributed by atoms with Crippen molar-refractivity contribution < 1.29 is 18.3 Å². The summed E-state index contributed by atoms with van der Waals surface area (Å²) in [6.45, 7) is 2.26. The van der Waals surface area contributed by atoms with Crippen LogP contribution >= 0.6 is 0 Å². The molecule has 1 atom stereocenters. The average Bonchev–Trinajstić information content (AvgIpc) is 2.50. The molecule has 0 aliphatic carbocycles. The molecule has 80 valence electrons. The number of aliphatic hydroxyl groups excluding tert-OH is 1. The van der Waals surface area contributed by atoms with Gasteiger partial charge in [0.05, 0.1) is 0 Å². The fraction of sp³-hybridized carbons (Fsp3) is 0.625. The minimum absolute atomic E-state index is 0.348. The molecule has 0 spiro atoms. The second-order valence-electron chi connectivity index (χ2n) is 2.92. The fourth-order valence-electron chi connectivity index (χ4n) is 1.14. The minimum atomic E-state index is -4.66. The van der Waals surface area contributed by atoms with E-state index in [4.69, 9.17) is 5.11 Å². The van der Waals surface area contributed by atoms with Crippen LogP contribution in [0.3, 0.4) is 0 Å². The zero-order valence-electron chi connectivity index (χ0n) is 7.62. The van der Waals surface area contributed by atoms with Crippen LogP contribution in [0.5, 0.6) is 0 Å². The van der Waals surface area contributed by atoms with E-state index in [1.54, 1.807) is 0 Å². The molecule has 0 saturated carbocycles. The highest BCUT2D eigenvalue weighted by molar-refractivity contribution is 4.99. The summed E-state index contributed by atoms with van der Waals surface area (Å²) >= 11 is 0. The van der Waals surface area contributed by atoms with Crippen molar-refractivity contribution >= 4 is 0 Å². The van der Waals surface area contributed by atoms with E-state index in [2.05, 4.69) is 4.98 Å². The number of rotatable bonds is 3. The van der Waals surface area contributed by atoms with Crippen LogP contribution in [0.15, 0.2) is 12.4 Å². The van der Waals surface area contributed by atoms with Crippen molar-refractivity contribution in [2.75, 3.05) is 0 Å². The Bertz CT molecular complexity index is 295. The predicted octanol–water partition coefficient (Wildman–Crippen LogP) is 1.89. The summed E-state index contributed by atoms with van der Waals surface area (Å²) in [6, 6.07) is 0. The quantitative estimate of drug-likeness (QED) is 0.823. The fourth-order valence-corrected chi connectivity index (χ4v) is 1.14. The molecule has 0 saturated heterocycles. The van der Waals surface area contributed by atoms with Gasteiger partial charge in [-0.1, -0.05) is 6.92 Å². The largest absolute Gasteiger partial charge is 0.421 e. The molecule has 1 rings (SSSR count). The van der Waals surface area contributed by atoms with E-state index in [0.717, 1.165) is 0 Å². The van der Waals surface area contributed by atoms with Crippen LogP contribution in [0.25, 0.3) is 0 Å². The van der Waals surface area contributed by atoms with Crippen LogP contribution in [-0.4, -0.2) is 20.8 Å². The number of aliphatic hydroxyl groups is 1. The van der Waals surface area contributed by atoms with Crippen LogP contribution < -0.4 is 0 Å². The third-order valence-corrected chi connectivity index (χ3v) is 1.77. The van der Waals surface area contributed by atoms with Crippen LogP contribution in [0, 0.1) is 0 Å². The molecule has 1 unspecified atom stereocenters. The molecule has 0 aliphatic heterocycles. The summed E-state index contributed by atoms with van der Waals surface area (Å²) in [7, 11) is 0. The molecule has 0 aromatic carbocycles. The highest BCUT2D eigenvalue weighted by Crippen LogP contribution is 2.31. The molecule has 0 radical (unpaired) electrons. The molecule has 1 heterocycles. The minimum Gasteiger partial charge on any atom is -0.377 e. The van der Waals surface area contributed by atoms with E-state index in [0.29, 0.717) is 13.0 Å². The molecule has 1 aromatic rings.